The summed E-state index contributed by atoms with van der Waals surface area (Å²) in [5.41, 5.74) is 3.43. The van der Waals surface area contributed by atoms with E-state index in [1.807, 2.05) is 55.5 Å². The zero-order valence-corrected chi connectivity index (χ0v) is 21.8. The lowest BCUT2D eigenvalue weighted by Crippen LogP contribution is -2.45. The number of methoxy groups -OCH3 is 1. The van der Waals surface area contributed by atoms with Crippen LogP contribution in [0.5, 0.6) is 5.75 Å². The zero-order chi connectivity index (χ0) is 25.5. The third-order valence-electron chi connectivity index (χ3n) is 5.86. The van der Waals surface area contributed by atoms with Gasteiger partial charge in [-0.3, -0.25) is 14.5 Å². The fourth-order valence-electron chi connectivity index (χ4n) is 3.81. The van der Waals surface area contributed by atoms with Gasteiger partial charge >= 0.3 is 0 Å². The van der Waals surface area contributed by atoms with Gasteiger partial charge in [0.05, 0.1) is 12.8 Å². The van der Waals surface area contributed by atoms with Crippen molar-refractivity contribution in [3.63, 3.8) is 0 Å². The molecule has 0 bridgehead atoms. The molecule has 1 saturated heterocycles. The molecule has 0 radical (unpaired) electrons. The van der Waals surface area contributed by atoms with Crippen LogP contribution in [0.4, 0.5) is 11.4 Å². The Morgan fingerprint density at radius 3 is 2.58 bits per heavy atom. The summed E-state index contributed by atoms with van der Waals surface area (Å²) in [7, 11) is 1.61. The van der Waals surface area contributed by atoms with Gasteiger partial charge in [0.15, 0.2) is 5.17 Å². The number of amidine groups is 1. The zero-order valence-electron chi connectivity index (χ0n) is 20.2. The van der Waals surface area contributed by atoms with Crippen molar-refractivity contribution in [1.29, 1.82) is 0 Å². The highest BCUT2D eigenvalue weighted by molar-refractivity contribution is 8.15. The van der Waals surface area contributed by atoms with Gasteiger partial charge in [-0.2, -0.15) is 0 Å². The van der Waals surface area contributed by atoms with Crippen LogP contribution in [0.1, 0.15) is 24.0 Å². The highest BCUT2D eigenvalue weighted by Gasteiger charge is 2.35. The minimum Gasteiger partial charge on any atom is -0.497 e. The third-order valence-corrected chi connectivity index (χ3v) is 7.45. The Bertz CT molecular complexity index is 1250. The van der Waals surface area contributed by atoms with Crippen molar-refractivity contribution in [1.82, 2.24) is 4.90 Å². The molecule has 1 N–H and O–H groups in total. The maximum absolute atomic E-state index is 13.2. The number of hydrogen-bond acceptors (Lipinski definition) is 5. The van der Waals surface area contributed by atoms with Crippen LogP contribution < -0.4 is 10.1 Å². The molecule has 1 unspecified atom stereocenters. The van der Waals surface area contributed by atoms with Crippen LogP contribution in [0.3, 0.4) is 0 Å². The molecule has 0 saturated carbocycles. The molecule has 1 heterocycles. The maximum Gasteiger partial charge on any atom is 0.238 e. The molecule has 36 heavy (non-hydrogen) atoms. The van der Waals surface area contributed by atoms with Crippen molar-refractivity contribution in [3.05, 3.63) is 88.9 Å². The number of rotatable bonds is 8. The highest BCUT2D eigenvalue weighted by Crippen LogP contribution is 2.31. The first-order chi connectivity index (χ1) is 17.4. The van der Waals surface area contributed by atoms with Gasteiger partial charge in [-0.1, -0.05) is 59.8 Å². The molecule has 8 heteroatoms. The number of thioether (sulfide) groups is 1. The molecule has 186 valence electrons. The summed E-state index contributed by atoms with van der Waals surface area (Å²) in [6, 6.07) is 22.8. The van der Waals surface area contributed by atoms with E-state index in [0.29, 0.717) is 28.1 Å². The van der Waals surface area contributed by atoms with E-state index in [0.717, 1.165) is 24.2 Å². The van der Waals surface area contributed by atoms with Crippen molar-refractivity contribution in [2.45, 2.75) is 31.4 Å². The summed E-state index contributed by atoms with van der Waals surface area (Å²) in [5.74, 6) is 0.357. The largest absolute Gasteiger partial charge is 0.497 e. The molecular formula is C28H28ClN3O3S. The standard InChI is InChI=1S/C28H28ClN3O3S/c1-19-10-11-22(17-24(19)29)30-27(34)25-18-26(33)32(16-6-9-20-7-4-3-5-8-20)28(36-25)31-21-12-14-23(35-2)15-13-21/h3-5,7-8,10-15,17,25H,6,9,16,18H2,1-2H3,(H,30,34). The molecule has 0 spiro atoms. The van der Waals surface area contributed by atoms with Crippen molar-refractivity contribution in [2.75, 3.05) is 19.0 Å². The van der Waals surface area contributed by atoms with Crippen LogP contribution >= 0.6 is 23.4 Å². The van der Waals surface area contributed by atoms with Gasteiger partial charge in [-0.15, -0.1) is 0 Å². The van der Waals surface area contributed by atoms with E-state index in [4.69, 9.17) is 21.3 Å². The van der Waals surface area contributed by atoms with Gasteiger partial charge in [-0.05, 0) is 67.3 Å². The number of aryl methyl sites for hydroxylation is 2. The second-order valence-corrected chi connectivity index (χ2v) is 10.1. The SMILES string of the molecule is COc1ccc(N=C2SC(C(=O)Nc3ccc(C)c(Cl)c3)CC(=O)N2CCCc2ccccc2)cc1. The van der Waals surface area contributed by atoms with E-state index >= 15 is 0 Å². The van der Waals surface area contributed by atoms with Gasteiger partial charge in [0.25, 0.3) is 0 Å². The lowest BCUT2D eigenvalue weighted by molar-refractivity contribution is -0.129. The molecule has 1 aliphatic rings. The molecule has 6 nitrogen and oxygen atoms in total. The van der Waals surface area contributed by atoms with Crippen LogP contribution in [0.2, 0.25) is 5.02 Å². The van der Waals surface area contributed by atoms with Crippen molar-refractivity contribution in [3.8, 4) is 5.75 Å². The van der Waals surface area contributed by atoms with Crippen LogP contribution in [-0.4, -0.2) is 40.8 Å². The van der Waals surface area contributed by atoms with Gasteiger partial charge in [0.1, 0.15) is 11.0 Å². The van der Waals surface area contributed by atoms with Gasteiger partial charge < -0.3 is 10.1 Å². The molecule has 0 aliphatic carbocycles. The number of amides is 2. The van der Waals surface area contributed by atoms with E-state index in [9.17, 15) is 9.59 Å². The normalized spacial score (nSPS) is 16.8. The quantitative estimate of drug-likeness (QED) is 0.380. The molecule has 0 aromatic heterocycles. The van der Waals surface area contributed by atoms with Gasteiger partial charge in [-0.25, -0.2) is 4.99 Å². The summed E-state index contributed by atoms with van der Waals surface area (Å²) in [6.45, 7) is 2.43. The number of nitrogens with one attached hydrogen (secondary N) is 1. The lowest BCUT2D eigenvalue weighted by atomic mass is 10.1. The van der Waals surface area contributed by atoms with E-state index in [-0.39, 0.29) is 18.2 Å². The Morgan fingerprint density at radius 1 is 1.14 bits per heavy atom. The minimum atomic E-state index is -0.597. The first kappa shape index (κ1) is 25.8. The summed E-state index contributed by atoms with van der Waals surface area (Å²) in [6.07, 6.45) is 1.74. The molecule has 2 amide bonds. The molecule has 3 aromatic rings. The van der Waals surface area contributed by atoms with E-state index in [1.54, 1.807) is 24.1 Å². The summed E-state index contributed by atoms with van der Waals surface area (Å²) in [5, 5.41) is 3.39. The maximum atomic E-state index is 13.2. The Kier molecular flexibility index (Phi) is 8.67. The Labute approximate surface area is 220 Å². The average Bonchev–Trinajstić information content (AvgIpc) is 2.88. The van der Waals surface area contributed by atoms with Gasteiger partial charge in [0.2, 0.25) is 11.8 Å². The summed E-state index contributed by atoms with van der Waals surface area (Å²) >= 11 is 7.52. The first-order valence-corrected chi connectivity index (χ1v) is 13.0. The third kappa shape index (κ3) is 6.68. The van der Waals surface area contributed by atoms with Gasteiger partial charge in [0, 0.05) is 23.7 Å². The number of aliphatic imine (C=N–C) groups is 1. The van der Waals surface area contributed by atoms with Crippen LogP contribution in [0.15, 0.2) is 77.8 Å². The number of anilines is 1. The molecule has 1 aliphatic heterocycles. The lowest BCUT2D eigenvalue weighted by Gasteiger charge is -2.32. The number of ether oxygens (including phenoxy) is 1. The van der Waals surface area contributed by atoms with Crippen LogP contribution in [0.25, 0.3) is 0 Å². The Hall–Kier alpha value is -3.29. The second-order valence-electron chi connectivity index (χ2n) is 8.49. The van der Waals surface area contributed by atoms with Crippen LogP contribution in [-0.2, 0) is 16.0 Å². The monoisotopic (exact) mass is 521 g/mol. The van der Waals surface area contributed by atoms with E-state index < -0.39 is 5.25 Å². The van der Waals surface area contributed by atoms with E-state index in [2.05, 4.69) is 17.4 Å². The fourth-order valence-corrected chi connectivity index (χ4v) is 5.11. The molecule has 4 rings (SSSR count). The second kappa shape index (κ2) is 12.1. The number of carbonyl (C=O) groups is 2. The Morgan fingerprint density at radius 2 is 1.89 bits per heavy atom. The van der Waals surface area contributed by atoms with Crippen molar-refractivity contribution in [2.24, 2.45) is 4.99 Å². The van der Waals surface area contributed by atoms with Crippen molar-refractivity contribution >= 4 is 51.7 Å². The van der Waals surface area contributed by atoms with Crippen LogP contribution in [0, 0.1) is 6.92 Å². The predicted octanol–water partition coefficient (Wildman–Crippen LogP) is 6.25. The van der Waals surface area contributed by atoms with E-state index in [1.165, 1.54) is 17.3 Å². The molecule has 1 atom stereocenters. The smallest absolute Gasteiger partial charge is 0.238 e. The number of nitrogens with zero attached hydrogens (tertiary/aromatic N) is 2. The highest BCUT2D eigenvalue weighted by atomic mass is 35.5. The predicted molar refractivity (Wildman–Crippen MR) is 147 cm³/mol. The minimum absolute atomic E-state index is 0.100. The van der Waals surface area contributed by atoms with Crippen molar-refractivity contribution < 1.29 is 14.3 Å². The Balaban J connectivity index is 1.51. The number of carbonyl (C=O) groups excluding carboxylic acids is 2. The topological polar surface area (TPSA) is 71.0 Å². The molecule has 3 aromatic carbocycles. The summed E-state index contributed by atoms with van der Waals surface area (Å²) in [4.78, 5) is 32.7. The number of benzene rings is 3. The molecule has 1 fully saturated rings. The first-order valence-electron chi connectivity index (χ1n) is 11.7. The molecular weight excluding hydrogens is 494 g/mol. The summed E-state index contributed by atoms with van der Waals surface area (Å²) < 4.78 is 5.23. The number of hydrogen-bond donors (Lipinski definition) is 1. The number of halogens is 1. The average molecular weight is 522 g/mol. The fraction of sp³-hybridized carbons (Fsp3) is 0.250.